The van der Waals surface area contributed by atoms with Crippen LogP contribution in [0.1, 0.15) is 58.8 Å². The number of nitrogens with one attached hydrogen (secondary N) is 2. The van der Waals surface area contributed by atoms with Crippen LogP contribution in [0.2, 0.25) is 0 Å². The summed E-state index contributed by atoms with van der Waals surface area (Å²) in [6.45, 7) is 4.07. The Bertz CT molecular complexity index is 318. The van der Waals surface area contributed by atoms with Gasteiger partial charge >= 0.3 is 5.97 Å². The average molecular weight is 286 g/mol. The molecule has 0 aliphatic heterocycles. The highest BCUT2D eigenvalue weighted by atomic mass is 16.4. The number of hydrogen-bond acceptors (Lipinski definition) is 3. The molecule has 0 aliphatic carbocycles. The van der Waals surface area contributed by atoms with E-state index in [1.807, 2.05) is 6.92 Å². The van der Waals surface area contributed by atoms with Crippen molar-refractivity contribution >= 4 is 17.8 Å². The summed E-state index contributed by atoms with van der Waals surface area (Å²) in [6.07, 6.45) is 4.36. The fourth-order valence-electron chi connectivity index (χ4n) is 1.94. The molecule has 0 bridgehead atoms. The summed E-state index contributed by atoms with van der Waals surface area (Å²) in [5.74, 6) is -1.03. The van der Waals surface area contributed by atoms with Crippen molar-refractivity contribution in [1.82, 2.24) is 10.6 Å². The van der Waals surface area contributed by atoms with E-state index in [1.165, 1.54) is 6.92 Å². The zero-order valence-corrected chi connectivity index (χ0v) is 12.4. The summed E-state index contributed by atoms with van der Waals surface area (Å²) in [4.78, 5) is 33.0. The maximum absolute atomic E-state index is 11.7. The van der Waals surface area contributed by atoms with Crippen LogP contribution >= 0.6 is 0 Å². The van der Waals surface area contributed by atoms with Crippen LogP contribution < -0.4 is 10.6 Å². The van der Waals surface area contributed by atoms with Crippen LogP contribution in [0.15, 0.2) is 0 Å². The van der Waals surface area contributed by atoms with E-state index in [0.29, 0.717) is 19.4 Å². The zero-order valence-electron chi connectivity index (χ0n) is 12.4. The Kier molecular flexibility index (Phi) is 10.4. The van der Waals surface area contributed by atoms with Gasteiger partial charge in [-0.3, -0.25) is 14.4 Å². The first kappa shape index (κ1) is 18.4. The second-order valence-electron chi connectivity index (χ2n) is 4.94. The summed E-state index contributed by atoms with van der Waals surface area (Å²) < 4.78 is 0. The van der Waals surface area contributed by atoms with Crippen molar-refractivity contribution in [2.45, 2.75) is 64.8 Å². The van der Waals surface area contributed by atoms with E-state index in [1.54, 1.807) is 0 Å². The molecule has 20 heavy (non-hydrogen) atoms. The summed E-state index contributed by atoms with van der Waals surface area (Å²) in [5, 5.41) is 14.2. The van der Waals surface area contributed by atoms with Gasteiger partial charge in [-0.05, 0) is 19.3 Å². The van der Waals surface area contributed by atoms with Crippen molar-refractivity contribution in [2.75, 3.05) is 6.54 Å². The molecule has 0 heterocycles. The molecule has 6 nitrogen and oxygen atoms in total. The van der Waals surface area contributed by atoms with E-state index in [-0.39, 0.29) is 24.3 Å². The quantitative estimate of drug-likeness (QED) is 0.501. The van der Waals surface area contributed by atoms with Crippen molar-refractivity contribution in [3.05, 3.63) is 0 Å². The van der Waals surface area contributed by atoms with E-state index < -0.39 is 5.97 Å². The standard InChI is InChI=1S/C14H26N2O4/c1-3-7-12(10-14(19)20)16-13(18)8-5-4-6-9-15-11(2)17/h12H,3-10H2,1-2H3,(H,15,17)(H,16,18)(H,19,20). The Balaban J connectivity index is 3.73. The molecule has 0 rings (SSSR count). The van der Waals surface area contributed by atoms with E-state index in [4.69, 9.17) is 5.11 Å². The van der Waals surface area contributed by atoms with E-state index in [9.17, 15) is 14.4 Å². The van der Waals surface area contributed by atoms with Gasteiger partial charge in [0.1, 0.15) is 0 Å². The molecular formula is C14H26N2O4. The third-order valence-corrected chi connectivity index (χ3v) is 2.88. The fraction of sp³-hybridized carbons (Fsp3) is 0.786. The lowest BCUT2D eigenvalue weighted by atomic mass is 10.1. The van der Waals surface area contributed by atoms with Crippen LogP contribution in [0, 0.1) is 0 Å². The topological polar surface area (TPSA) is 95.5 Å². The molecule has 0 aromatic rings. The number of carbonyl (C=O) groups excluding carboxylic acids is 2. The number of carboxylic acids is 1. The van der Waals surface area contributed by atoms with E-state index in [2.05, 4.69) is 10.6 Å². The minimum atomic E-state index is -0.890. The summed E-state index contributed by atoms with van der Waals surface area (Å²) in [6, 6.07) is -0.274. The summed E-state index contributed by atoms with van der Waals surface area (Å²) >= 11 is 0. The largest absolute Gasteiger partial charge is 0.481 e. The van der Waals surface area contributed by atoms with Gasteiger partial charge in [0.25, 0.3) is 0 Å². The first-order chi connectivity index (χ1) is 9.45. The maximum Gasteiger partial charge on any atom is 0.305 e. The van der Waals surface area contributed by atoms with Gasteiger partial charge in [0, 0.05) is 25.9 Å². The Hall–Kier alpha value is -1.59. The van der Waals surface area contributed by atoms with Crippen LogP contribution in [0.25, 0.3) is 0 Å². The normalized spacial score (nSPS) is 11.7. The molecule has 0 spiro atoms. The number of aliphatic carboxylic acids is 1. The fourth-order valence-corrected chi connectivity index (χ4v) is 1.94. The molecule has 0 saturated heterocycles. The number of carbonyl (C=O) groups is 3. The predicted octanol–water partition coefficient (Wildman–Crippen LogP) is 1.44. The van der Waals surface area contributed by atoms with Crippen LogP contribution in [-0.4, -0.2) is 35.5 Å². The Morgan fingerprint density at radius 3 is 2.40 bits per heavy atom. The second kappa shape index (κ2) is 11.3. The third-order valence-electron chi connectivity index (χ3n) is 2.88. The second-order valence-corrected chi connectivity index (χ2v) is 4.94. The third kappa shape index (κ3) is 11.5. The number of unbranched alkanes of at least 4 members (excludes halogenated alkanes) is 2. The van der Waals surface area contributed by atoms with Gasteiger partial charge in [-0.25, -0.2) is 0 Å². The molecule has 0 aliphatic rings. The molecule has 1 unspecified atom stereocenters. The SMILES string of the molecule is CCCC(CC(=O)O)NC(=O)CCCCCNC(C)=O. The van der Waals surface area contributed by atoms with Gasteiger partial charge in [-0.1, -0.05) is 19.8 Å². The number of amides is 2. The lowest BCUT2D eigenvalue weighted by Gasteiger charge is -2.16. The maximum atomic E-state index is 11.7. The monoisotopic (exact) mass is 286 g/mol. The zero-order chi connectivity index (χ0) is 15.4. The molecule has 1 atom stereocenters. The number of carboxylic acid groups (broad SMARTS) is 1. The first-order valence-electron chi connectivity index (χ1n) is 7.21. The van der Waals surface area contributed by atoms with Crippen molar-refractivity contribution in [2.24, 2.45) is 0 Å². The Morgan fingerprint density at radius 1 is 1.15 bits per heavy atom. The summed E-state index contributed by atoms with van der Waals surface area (Å²) in [5.41, 5.74) is 0. The van der Waals surface area contributed by atoms with Crippen molar-refractivity contribution < 1.29 is 19.5 Å². The molecule has 2 amide bonds. The number of hydrogen-bond donors (Lipinski definition) is 3. The van der Waals surface area contributed by atoms with Gasteiger partial charge in [0.2, 0.25) is 11.8 Å². The molecule has 116 valence electrons. The van der Waals surface area contributed by atoms with E-state index in [0.717, 1.165) is 25.7 Å². The first-order valence-corrected chi connectivity index (χ1v) is 7.21. The lowest BCUT2D eigenvalue weighted by Crippen LogP contribution is -2.36. The molecule has 0 fully saturated rings. The molecule has 6 heteroatoms. The van der Waals surface area contributed by atoms with Crippen LogP contribution in [0.3, 0.4) is 0 Å². The highest BCUT2D eigenvalue weighted by Crippen LogP contribution is 2.04. The molecular weight excluding hydrogens is 260 g/mol. The molecule has 0 saturated carbocycles. The Morgan fingerprint density at radius 2 is 1.85 bits per heavy atom. The Labute approximate surface area is 120 Å². The minimum Gasteiger partial charge on any atom is -0.481 e. The molecule has 0 radical (unpaired) electrons. The number of rotatable bonds is 11. The van der Waals surface area contributed by atoms with Crippen molar-refractivity contribution in [3.8, 4) is 0 Å². The van der Waals surface area contributed by atoms with Crippen LogP contribution in [0.4, 0.5) is 0 Å². The van der Waals surface area contributed by atoms with Gasteiger partial charge in [-0.2, -0.15) is 0 Å². The summed E-state index contributed by atoms with van der Waals surface area (Å²) in [7, 11) is 0. The van der Waals surface area contributed by atoms with Crippen LogP contribution in [0.5, 0.6) is 0 Å². The van der Waals surface area contributed by atoms with Crippen LogP contribution in [-0.2, 0) is 14.4 Å². The lowest BCUT2D eigenvalue weighted by molar-refractivity contribution is -0.137. The molecule has 3 N–H and O–H groups in total. The highest BCUT2D eigenvalue weighted by Gasteiger charge is 2.14. The molecule has 0 aromatic carbocycles. The predicted molar refractivity (Wildman–Crippen MR) is 76.2 cm³/mol. The van der Waals surface area contributed by atoms with Crippen molar-refractivity contribution in [1.29, 1.82) is 0 Å². The highest BCUT2D eigenvalue weighted by molar-refractivity contribution is 5.77. The van der Waals surface area contributed by atoms with Gasteiger partial charge in [0.15, 0.2) is 0 Å². The van der Waals surface area contributed by atoms with Gasteiger partial charge < -0.3 is 15.7 Å². The minimum absolute atomic E-state index is 0.0257. The van der Waals surface area contributed by atoms with Crippen molar-refractivity contribution in [3.63, 3.8) is 0 Å². The molecule has 0 aromatic heterocycles. The van der Waals surface area contributed by atoms with Gasteiger partial charge in [0.05, 0.1) is 6.42 Å². The van der Waals surface area contributed by atoms with Gasteiger partial charge in [-0.15, -0.1) is 0 Å². The van der Waals surface area contributed by atoms with E-state index >= 15 is 0 Å². The smallest absolute Gasteiger partial charge is 0.305 e. The average Bonchev–Trinajstić information content (AvgIpc) is 2.32.